The third kappa shape index (κ3) is 4.15. The number of aromatic nitrogens is 2. The van der Waals surface area contributed by atoms with Gasteiger partial charge in [-0.05, 0) is 42.5 Å². The molecule has 2 aromatic heterocycles. The highest BCUT2D eigenvalue weighted by molar-refractivity contribution is 5.76. The summed E-state index contributed by atoms with van der Waals surface area (Å²) in [7, 11) is 0. The summed E-state index contributed by atoms with van der Waals surface area (Å²) in [4.78, 5) is 19.1. The standard InChI is InChI=1S/C21H27N3O2/c25-21(11-17-5-1-2-6-17)24-13-19-8-4-10-23(19)14-20(15-24)26-16-18-7-3-9-22-12-18/h3-4,7-10,12,17,20H,1-2,5-6,11,13-16H2. The molecule has 26 heavy (non-hydrogen) atoms. The molecule has 138 valence electrons. The van der Waals surface area contributed by atoms with Gasteiger partial charge in [0.2, 0.25) is 5.91 Å². The summed E-state index contributed by atoms with van der Waals surface area (Å²) in [6, 6.07) is 8.11. The summed E-state index contributed by atoms with van der Waals surface area (Å²) in [5.41, 5.74) is 2.26. The zero-order valence-corrected chi connectivity index (χ0v) is 15.2. The van der Waals surface area contributed by atoms with Crippen LogP contribution >= 0.6 is 0 Å². The minimum Gasteiger partial charge on any atom is -0.370 e. The van der Waals surface area contributed by atoms with E-state index in [4.69, 9.17) is 4.74 Å². The molecule has 1 aliphatic heterocycles. The van der Waals surface area contributed by atoms with Crippen molar-refractivity contribution in [3.8, 4) is 0 Å². The smallest absolute Gasteiger partial charge is 0.223 e. The van der Waals surface area contributed by atoms with Gasteiger partial charge in [-0.15, -0.1) is 0 Å². The summed E-state index contributed by atoms with van der Waals surface area (Å²) in [6.07, 6.45) is 11.3. The highest BCUT2D eigenvalue weighted by atomic mass is 16.5. The Morgan fingerprint density at radius 2 is 2.08 bits per heavy atom. The summed E-state index contributed by atoms with van der Waals surface area (Å²) in [5, 5.41) is 0. The summed E-state index contributed by atoms with van der Waals surface area (Å²) in [6.45, 7) is 2.66. The number of hydrogen-bond donors (Lipinski definition) is 0. The Morgan fingerprint density at radius 1 is 1.19 bits per heavy atom. The first-order valence-electron chi connectivity index (χ1n) is 9.70. The minimum absolute atomic E-state index is 0.00335. The Bertz CT molecular complexity index is 722. The lowest BCUT2D eigenvalue weighted by Crippen LogP contribution is -2.37. The molecule has 1 aliphatic carbocycles. The lowest BCUT2D eigenvalue weighted by molar-refractivity contribution is -0.134. The zero-order valence-electron chi connectivity index (χ0n) is 15.2. The highest BCUT2D eigenvalue weighted by Crippen LogP contribution is 2.29. The number of ether oxygens (including phenoxy) is 1. The lowest BCUT2D eigenvalue weighted by atomic mass is 10.0. The first kappa shape index (κ1) is 17.3. The molecule has 1 unspecified atom stereocenters. The van der Waals surface area contributed by atoms with Crippen LogP contribution in [0.1, 0.15) is 43.4 Å². The van der Waals surface area contributed by atoms with Gasteiger partial charge < -0.3 is 14.2 Å². The van der Waals surface area contributed by atoms with E-state index in [1.165, 1.54) is 31.4 Å². The fraction of sp³-hybridized carbons (Fsp3) is 0.524. The molecule has 0 aromatic carbocycles. The molecule has 1 saturated carbocycles. The van der Waals surface area contributed by atoms with Gasteiger partial charge in [-0.3, -0.25) is 9.78 Å². The van der Waals surface area contributed by atoms with Crippen LogP contribution in [0, 0.1) is 5.92 Å². The van der Waals surface area contributed by atoms with Crippen LogP contribution in [0.5, 0.6) is 0 Å². The van der Waals surface area contributed by atoms with Crippen LogP contribution in [0.25, 0.3) is 0 Å². The lowest BCUT2D eigenvalue weighted by Gasteiger charge is -2.25. The minimum atomic E-state index is -0.00335. The van der Waals surface area contributed by atoms with Crippen LogP contribution in [0.4, 0.5) is 0 Å². The quantitative estimate of drug-likeness (QED) is 0.828. The Morgan fingerprint density at radius 3 is 2.88 bits per heavy atom. The Kier molecular flexibility index (Phi) is 5.34. The van der Waals surface area contributed by atoms with E-state index in [1.807, 2.05) is 23.2 Å². The summed E-state index contributed by atoms with van der Waals surface area (Å²) < 4.78 is 8.39. The van der Waals surface area contributed by atoms with E-state index in [2.05, 4.69) is 27.9 Å². The first-order valence-corrected chi connectivity index (χ1v) is 9.70. The molecule has 3 heterocycles. The van der Waals surface area contributed by atoms with Crippen molar-refractivity contribution in [3.05, 3.63) is 54.1 Å². The van der Waals surface area contributed by atoms with Gasteiger partial charge in [0.25, 0.3) is 0 Å². The largest absolute Gasteiger partial charge is 0.370 e. The van der Waals surface area contributed by atoms with Crippen LogP contribution in [0.3, 0.4) is 0 Å². The number of pyridine rings is 1. The Labute approximate surface area is 155 Å². The topological polar surface area (TPSA) is 47.4 Å². The van der Waals surface area contributed by atoms with Gasteiger partial charge in [-0.1, -0.05) is 18.9 Å². The second-order valence-corrected chi connectivity index (χ2v) is 7.58. The number of rotatable bonds is 5. The normalized spacial score (nSPS) is 20.8. The maximum atomic E-state index is 12.9. The molecule has 0 bridgehead atoms. The number of amides is 1. The molecule has 1 fully saturated rings. The van der Waals surface area contributed by atoms with Crippen molar-refractivity contribution in [2.45, 2.75) is 57.9 Å². The van der Waals surface area contributed by atoms with Crippen LogP contribution in [-0.4, -0.2) is 33.0 Å². The molecule has 0 N–H and O–H groups in total. The van der Waals surface area contributed by atoms with E-state index in [0.717, 1.165) is 12.1 Å². The van der Waals surface area contributed by atoms with Crippen LogP contribution in [0.2, 0.25) is 0 Å². The molecule has 5 heteroatoms. The maximum Gasteiger partial charge on any atom is 0.223 e. The van der Waals surface area contributed by atoms with Crippen molar-refractivity contribution in [1.29, 1.82) is 0 Å². The molecule has 1 amide bonds. The van der Waals surface area contributed by atoms with Gasteiger partial charge in [-0.25, -0.2) is 0 Å². The molecule has 1 atom stereocenters. The number of carbonyl (C=O) groups is 1. The van der Waals surface area contributed by atoms with E-state index in [0.29, 0.717) is 32.0 Å². The van der Waals surface area contributed by atoms with E-state index in [-0.39, 0.29) is 12.0 Å². The van der Waals surface area contributed by atoms with Gasteiger partial charge in [0.1, 0.15) is 0 Å². The van der Waals surface area contributed by atoms with E-state index >= 15 is 0 Å². The van der Waals surface area contributed by atoms with Crippen molar-refractivity contribution in [3.63, 3.8) is 0 Å². The second kappa shape index (κ2) is 8.04. The highest BCUT2D eigenvalue weighted by Gasteiger charge is 2.27. The number of fused-ring (bicyclic) bond motifs is 1. The molecule has 2 aliphatic rings. The van der Waals surface area contributed by atoms with Gasteiger partial charge in [0, 0.05) is 37.3 Å². The van der Waals surface area contributed by atoms with Gasteiger partial charge in [-0.2, -0.15) is 0 Å². The first-order chi connectivity index (χ1) is 12.8. The molecule has 5 nitrogen and oxygen atoms in total. The molecular formula is C21H27N3O2. The molecule has 0 radical (unpaired) electrons. The SMILES string of the molecule is O=C(CC1CCCC1)N1Cc2cccn2CC(OCc2cccnc2)C1. The number of hydrogen-bond acceptors (Lipinski definition) is 3. The molecule has 0 spiro atoms. The van der Waals surface area contributed by atoms with Crippen LogP contribution in [-0.2, 0) is 29.2 Å². The Balaban J connectivity index is 1.43. The zero-order chi connectivity index (χ0) is 17.8. The molecule has 4 rings (SSSR count). The van der Waals surface area contributed by atoms with Gasteiger partial charge >= 0.3 is 0 Å². The van der Waals surface area contributed by atoms with E-state index in [1.54, 1.807) is 6.20 Å². The third-order valence-electron chi connectivity index (χ3n) is 5.60. The van der Waals surface area contributed by atoms with Crippen molar-refractivity contribution in [1.82, 2.24) is 14.5 Å². The number of carbonyl (C=O) groups excluding carboxylic acids is 1. The van der Waals surface area contributed by atoms with Crippen molar-refractivity contribution < 1.29 is 9.53 Å². The summed E-state index contributed by atoms with van der Waals surface area (Å²) in [5.74, 6) is 0.855. The Hall–Kier alpha value is -2.14. The predicted octanol–water partition coefficient (Wildman–Crippen LogP) is 3.39. The number of nitrogens with zero attached hydrogens (tertiary/aromatic N) is 3. The van der Waals surface area contributed by atoms with Gasteiger partial charge in [0.15, 0.2) is 0 Å². The monoisotopic (exact) mass is 353 g/mol. The predicted molar refractivity (Wildman–Crippen MR) is 99.2 cm³/mol. The average molecular weight is 353 g/mol. The van der Waals surface area contributed by atoms with Gasteiger partial charge in [0.05, 0.1) is 25.8 Å². The fourth-order valence-electron chi connectivity index (χ4n) is 4.14. The third-order valence-corrected chi connectivity index (χ3v) is 5.60. The van der Waals surface area contributed by atoms with Crippen molar-refractivity contribution >= 4 is 5.91 Å². The second-order valence-electron chi connectivity index (χ2n) is 7.58. The van der Waals surface area contributed by atoms with E-state index < -0.39 is 0 Å². The maximum absolute atomic E-state index is 12.9. The van der Waals surface area contributed by atoms with Crippen LogP contribution < -0.4 is 0 Å². The molecule has 2 aromatic rings. The summed E-state index contributed by atoms with van der Waals surface area (Å²) >= 11 is 0. The van der Waals surface area contributed by atoms with Crippen LogP contribution in [0.15, 0.2) is 42.9 Å². The van der Waals surface area contributed by atoms with Crippen molar-refractivity contribution in [2.24, 2.45) is 5.92 Å². The average Bonchev–Trinajstić information content (AvgIpc) is 3.29. The van der Waals surface area contributed by atoms with E-state index in [9.17, 15) is 4.79 Å². The molecule has 0 saturated heterocycles. The van der Waals surface area contributed by atoms with Crippen molar-refractivity contribution in [2.75, 3.05) is 6.54 Å². The molecular weight excluding hydrogens is 326 g/mol. The fourth-order valence-corrected chi connectivity index (χ4v) is 4.14.